The Hall–Kier alpha value is -7.98. The topological polar surface area (TPSA) is 16.4 Å². The fourth-order valence-corrected chi connectivity index (χ4v) is 11.6. The zero-order valence-electron chi connectivity index (χ0n) is 36.6. The number of nitrogens with zero attached hydrogens (tertiary/aromatic N) is 1. The first-order chi connectivity index (χ1) is 32.4. The van der Waals surface area contributed by atoms with E-state index in [0.717, 1.165) is 50.1 Å². The molecule has 0 bridgehead atoms. The second-order valence-corrected chi connectivity index (χ2v) is 19.2. The van der Waals surface area contributed by atoms with Crippen molar-refractivity contribution in [2.45, 2.75) is 19.3 Å². The molecule has 2 nitrogen and oxygen atoms in total. The molecule has 2 heterocycles. The molecule has 0 amide bonds. The van der Waals surface area contributed by atoms with Gasteiger partial charge in [-0.1, -0.05) is 159 Å². The van der Waals surface area contributed by atoms with Gasteiger partial charge in [-0.2, -0.15) is 0 Å². The number of hydrogen-bond acceptors (Lipinski definition) is 3. The maximum atomic E-state index is 6.28. The summed E-state index contributed by atoms with van der Waals surface area (Å²) in [5, 5.41) is 4.90. The number of thiophene rings is 1. The van der Waals surface area contributed by atoms with Crippen molar-refractivity contribution in [3.8, 4) is 55.6 Å². The molecule has 2 aromatic heterocycles. The number of fused-ring (bicyclic) bond motifs is 9. The van der Waals surface area contributed by atoms with E-state index in [2.05, 4.69) is 231 Å². The lowest BCUT2D eigenvalue weighted by Gasteiger charge is -2.26. The first-order valence-corrected chi connectivity index (χ1v) is 23.5. The van der Waals surface area contributed by atoms with Gasteiger partial charge in [0.15, 0.2) is 0 Å². The summed E-state index contributed by atoms with van der Waals surface area (Å²) in [7, 11) is 0. The van der Waals surface area contributed by atoms with Crippen molar-refractivity contribution < 1.29 is 4.42 Å². The van der Waals surface area contributed by atoms with E-state index in [1.165, 1.54) is 75.8 Å². The van der Waals surface area contributed by atoms with Crippen LogP contribution in [-0.2, 0) is 5.41 Å². The number of para-hydroxylation sites is 1. The Bertz CT molecular complexity index is 3840. The van der Waals surface area contributed by atoms with Crippen LogP contribution in [0, 0.1) is 0 Å². The summed E-state index contributed by atoms with van der Waals surface area (Å²) in [5.41, 5.74) is 19.9. The third-order valence-corrected chi connectivity index (χ3v) is 15.0. The molecule has 66 heavy (non-hydrogen) atoms. The van der Waals surface area contributed by atoms with Gasteiger partial charge in [0.05, 0.1) is 0 Å². The average Bonchev–Trinajstić information content (AvgIpc) is 4.02. The SMILES string of the molecule is CC1(C)c2ccc(-c3cccc(N(c4ccc(-c5ccc6sc7ccccc7c6c5)cc4)c4ccc(-c5cccc6oc7ccccc7c56)cc4)c3)cc2-c2ccc(-c3ccccc3)cc21. The predicted octanol–water partition coefficient (Wildman–Crippen LogP) is 18.4. The summed E-state index contributed by atoms with van der Waals surface area (Å²) < 4.78 is 8.92. The third-order valence-electron chi connectivity index (χ3n) is 13.9. The third kappa shape index (κ3) is 6.23. The van der Waals surface area contributed by atoms with Crippen molar-refractivity contribution in [1.82, 2.24) is 0 Å². The van der Waals surface area contributed by atoms with Crippen LogP contribution in [0.1, 0.15) is 25.0 Å². The largest absolute Gasteiger partial charge is 0.456 e. The summed E-state index contributed by atoms with van der Waals surface area (Å²) in [6.07, 6.45) is 0. The van der Waals surface area contributed by atoms with Crippen molar-refractivity contribution in [2.75, 3.05) is 4.90 Å². The van der Waals surface area contributed by atoms with Gasteiger partial charge in [-0.15, -0.1) is 11.3 Å². The van der Waals surface area contributed by atoms with Gasteiger partial charge < -0.3 is 9.32 Å². The van der Waals surface area contributed by atoms with Gasteiger partial charge >= 0.3 is 0 Å². The van der Waals surface area contributed by atoms with Crippen molar-refractivity contribution in [3.63, 3.8) is 0 Å². The highest BCUT2D eigenvalue weighted by Crippen LogP contribution is 2.51. The molecule has 0 aliphatic heterocycles. The van der Waals surface area contributed by atoms with E-state index in [0.29, 0.717) is 0 Å². The number of benzene rings is 10. The molecule has 12 aromatic rings. The zero-order chi connectivity index (χ0) is 43.9. The lowest BCUT2D eigenvalue weighted by Crippen LogP contribution is -2.15. The molecule has 0 unspecified atom stereocenters. The average molecular weight is 862 g/mol. The van der Waals surface area contributed by atoms with Crippen LogP contribution in [-0.4, -0.2) is 0 Å². The summed E-state index contributed by atoms with van der Waals surface area (Å²) >= 11 is 1.86. The van der Waals surface area contributed by atoms with Gasteiger partial charge in [0.1, 0.15) is 11.2 Å². The van der Waals surface area contributed by atoms with Gasteiger partial charge in [-0.3, -0.25) is 0 Å². The number of rotatable bonds is 7. The summed E-state index contributed by atoms with van der Waals surface area (Å²) in [4.78, 5) is 2.39. The van der Waals surface area contributed by atoms with Crippen LogP contribution < -0.4 is 4.90 Å². The molecule has 0 spiro atoms. The van der Waals surface area contributed by atoms with Crippen LogP contribution in [0.3, 0.4) is 0 Å². The molecular weight excluding hydrogens is 819 g/mol. The Morgan fingerprint density at radius 2 is 0.939 bits per heavy atom. The van der Waals surface area contributed by atoms with Crippen molar-refractivity contribution in [3.05, 3.63) is 236 Å². The van der Waals surface area contributed by atoms with Crippen LogP contribution >= 0.6 is 11.3 Å². The molecule has 0 N–H and O–H groups in total. The Kier molecular flexibility index (Phi) is 8.78. The van der Waals surface area contributed by atoms with E-state index in [1.807, 2.05) is 23.5 Å². The lowest BCUT2D eigenvalue weighted by molar-refractivity contribution is 0.660. The molecule has 0 saturated carbocycles. The van der Waals surface area contributed by atoms with Crippen molar-refractivity contribution in [1.29, 1.82) is 0 Å². The van der Waals surface area contributed by atoms with Gasteiger partial charge in [0.25, 0.3) is 0 Å². The summed E-state index contributed by atoms with van der Waals surface area (Å²) in [6, 6.07) is 82.2. The van der Waals surface area contributed by atoms with Gasteiger partial charge in [0, 0.05) is 53.4 Å². The highest BCUT2D eigenvalue weighted by molar-refractivity contribution is 7.25. The predicted molar refractivity (Wildman–Crippen MR) is 281 cm³/mol. The van der Waals surface area contributed by atoms with Crippen LogP contribution in [0.25, 0.3) is 97.7 Å². The van der Waals surface area contributed by atoms with Gasteiger partial charge in [-0.05, 0) is 146 Å². The van der Waals surface area contributed by atoms with Gasteiger partial charge in [-0.25, -0.2) is 0 Å². The summed E-state index contributed by atoms with van der Waals surface area (Å²) in [6.45, 7) is 4.72. The highest BCUT2D eigenvalue weighted by Gasteiger charge is 2.36. The normalized spacial score (nSPS) is 12.8. The van der Waals surface area contributed by atoms with Crippen molar-refractivity contribution >= 4 is 70.5 Å². The molecule has 0 saturated heterocycles. The molecule has 3 heteroatoms. The number of anilines is 3. The van der Waals surface area contributed by atoms with Crippen LogP contribution in [0.2, 0.25) is 0 Å². The van der Waals surface area contributed by atoms with E-state index in [9.17, 15) is 0 Å². The van der Waals surface area contributed by atoms with E-state index in [-0.39, 0.29) is 5.41 Å². The van der Waals surface area contributed by atoms with Crippen LogP contribution in [0.15, 0.2) is 229 Å². The van der Waals surface area contributed by atoms with E-state index < -0.39 is 0 Å². The second-order valence-electron chi connectivity index (χ2n) is 18.1. The molecule has 0 fully saturated rings. The van der Waals surface area contributed by atoms with E-state index in [1.54, 1.807) is 0 Å². The smallest absolute Gasteiger partial charge is 0.136 e. The summed E-state index contributed by atoms with van der Waals surface area (Å²) in [5.74, 6) is 0. The minimum absolute atomic E-state index is 0.107. The molecule has 1 aliphatic rings. The highest BCUT2D eigenvalue weighted by atomic mass is 32.1. The van der Waals surface area contributed by atoms with Crippen molar-refractivity contribution in [2.24, 2.45) is 0 Å². The van der Waals surface area contributed by atoms with E-state index >= 15 is 0 Å². The molecule has 0 atom stereocenters. The number of furan rings is 1. The molecule has 312 valence electrons. The Balaban J connectivity index is 0.902. The Morgan fingerprint density at radius 3 is 1.77 bits per heavy atom. The second kappa shape index (κ2) is 15.1. The Labute approximate surface area is 388 Å². The number of hydrogen-bond donors (Lipinski definition) is 0. The Morgan fingerprint density at radius 1 is 0.348 bits per heavy atom. The maximum absolute atomic E-state index is 6.28. The fourth-order valence-electron chi connectivity index (χ4n) is 10.5. The lowest BCUT2D eigenvalue weighted by atomic mass is 9.81. The first-order valence-electron chi connectivity index (χ1n) is 22.7. The molecule has 1 aliphatic carbocycles. The molecule has 10 aromatic carbocycles. The zero-order valence-corrected chi connectivity index (χ0v) is 37.4. The minimum Gasteiger partial charge on any atom is -0.456 e. The van der Waals surface area contributed by atoms with Crippen LogP contribution in [0.4, 0.5) is 17.1 Å². The molecule has 13 rings (SSSR count). The molecular formula is C63H43NOS. The van der Waals surface area contributed by atoms with E-state index in [4.69, 9.17) is 4.42 Å². The first kappa shape index (κ1) is 38.5. The standard InChI is InChI=1S/C63H43NOS/c1-63(2)56-34-27-45(37-54(56)51-33-26-46(39-57(51)63)40-12-4-3-5-13-40)43-14-10-15-49(36-43)64(47-29-22-41(23-30-47)44-28-35-61-55(38-44)52-16-7-9-21-60(52)66-61)48-31-24-42(25-32-48)50-18-11-20-59-62(50)53-17-6-8-19-58(53)65-59/h3-39H,1-2H3. The maximum Gasteiger partial charge on any atom is 0.136 e. The fraction of sp³-hybridized carbons (Fsp3) is 0.0476. The monoisotopic (exact) mass is 861 g/mol. The van der Waals surface area contributed by atoms with Crippen LogP contribution in [0.5, 0.6) is 0 Å². The van der Waals surface area contributed by atoms with Gasteiger partial charge in [0.2, 0.25) is 0 Å². The minimum atomic E-state index is -0.107. The quantitative estimate of drug-likeness (QED) is 0.159. The molecule has 0 radical (unpaired) electrons.